The molecule has 2 rings (SSSR count). The molecule has 0 radical (unpaired) electrons. The summed E-state index contributed by atoms with van der Waals surface area (Å²) in [5, 5.41) is 0.245. The summed E-state index contributed by atoms with van der Waals surface area (Å²) in [6, 6.07) is 3.01. The van der Waals surface area contributed by atoms with Crippen molar-refractivity contribution in [1.82, 2.24) is 0 Å². The fraction of sp³-hybridized carbons (Fsp3) is 0.538. The number of hydrogen-bond acceptors (Lipinski definition) is 3. The summed E-state index contributed by atoms with van der Waals surface area (Å²) >= 11 is 9.28. The van der Waals surface area contributed by atoms with Crippen LogP contribution in [0.2, 0.25) is 5.02 Å². The van der Waals surface area contributed by atoms with Crippen molar-refractivity contribution in [2.24, 2.45) is 5.92 Å². The zero-order chi connectivity index (χ0) is 14.8. The molecule has 1 aliphatic carbocycles. The van der Waals surface area contributed by atoms with Gasteiger partial charge in [-0.3, -0.25) is 0 Å². The van der Waals surface area contributed by atoms with Gasteiger partial charge in [-0.2, -0.15) is 0 Å². The van der Waals surface area contributed by atoms with E-state index in [9.17, 15) is 8.42 Å². The van der Waals surface area contributed by atoms with Crippen molar-refractivity contribution in [3.8, 4) is 5.75 Å². The highest BCUT2D eigenvalue weighted by molar-refractivity contribution is 9.10. The Labute approximate surface area is 137 Å². The lowest BCUT2D eigenvalue weighted by Gasteiger charge is -2.22. The predicted octanol–water partition coefficient (Wildman–Crippen LogP) is 4.99. The highest BCUT2D eigenvalue weighted by atomic mass is 79.9. The standard InChI is InChI=1S/C13H15BrCl2O3S/c14-10-6-11(15)13(12(7-10)20(16,17)18)19-8-9-4-2-1-3-5-9/h6-7,9H,1-5,8H2. The molecule has 0 amide bonds. The molecule has 1 aromatic rings. The second-order valence-electron chi connectivity index (χ2n) is 4.97. The molecule has 1 aromatic carbocycles. The van der Waals surface area contributed by atoms with Crippen LogP contribution in [0.1, 0.15) is 32.1 Å². The van der Waals surface area contributed by atoms with E-state index < -0.39 is 9.05 Å². The van der Waals surface area contributed by atoms with Gasteiger partial charge in [-0.05, 0) is 30.9 Å². The first-order chi connectivity index (χ1) is 9.38. The number of hydrogen-bond donors (Lipinski definition) is 0. The fourth-order valence-corrected chi connectivity index (χ4v) is 4.49. The zero-order valence-electron chi connectivity index (χ0n) is 10.7. The third-order valence-electron chi connectivity index (χ3n) is 3.43. The molecular weight excluding hydrogens is 387 g/mol. The molecule has 0 saturated heterocycles. The van der Waals surface area contributed by atoms with Crippen molar-refractivity contribution < 1.29 is 13.2 Å². The van der Waals surface area contributed by atoms with Gasteiger partial charge in [0.2, 0.25) is 0 Å². The largest absolute Gasteiger partial charge is 0.490 e. The van der Waals surface area contributed by atoms with Crippen LogP contribution in [0, 0.1) is 5.92 Å². The SMILES string of the molecule is O=S(=O)(Cl)c1cc(Br)cc(Cl)c1OCC1CCCCC1. The van der Waals surface area contributed by atoms with Crippen LogP contribution in [0.3, 0.4) is 0 Å². The third kappa shape index (κ3) is 4.26. The van der Waals surface area contributed by atoms with Crippen LogP contribution in [-0.2, 0) is 9.05 Å². The van der Waals surface area contributed by atoms with Gasteiger partial charge in [0.25, 0.3) is 9.05 Å². The van der Waals surface area contributed by atoms with Gasteiger partial charge >= 0.3 is 0 Å². The first kappa shape index (κ1) is 16.4. The minimum absolute atomic E-state index is 0.0886. The average Bonchev–Trinajstić information content (AvgIpc) is 2.37. The average molecular weight is 402 g/mol. The van der Waals surface area contributed by atoms with Gasteiger partial charge in [0.05, 0.1) is 11.6 Å². The van der Waals surface area contributed by atoms with Crippen LogP contribution in [0.25, 0.3) is 0 Å². The highest BCUT2D eigenvalue weighted by Gasteiger charge is 2.22. The maximum absolute atomic E-state index is 11.6. The lowest BCUT2D eigenvalue weighted by molar-refractivity contribution is 0.205. The molecule has 1 fully saturated rings. The summed E-state index contributed by atoms with van der Waals surface area (Å²) in [6.45, 7) is 0.473. The monoisotopic (exact) mass is 400 g/mol. The van der Waals surface area contributed by atoms with E-state index in [1.54, 1.807) is 6.07 Å². The molecule has 0 aromatic heterocycles. The Kier molecular flexibility index (Phi) is 5.63. The normalized spacial score (nSPS) is 17.1. The fourth-order valence-electron chi connectivity index (χ4n) is 2.41. The number of benzene rings is 1. The highest BCUT2D eigenvalue weighted by Crippen LogP contribution is 2.38. The smallest absolute Gasteiger partial charge is 0.265 e. The summed E-state index contributed by atoms with van der Waals surface area (Å²) in [5.41, 5.74) is 0. The van der Waals surface area contributed by atoms with Crippen LogP contribution in [0.5, 0.6) is 5.75 Å². The maximum atomic E-state index is 11.6. The summed E-state index contributed by atoms with van der Waals surface area (Å²) in [4.78, 5) is -0.0886. The van der Waals surface area contributed by atoms with E-state index in [-0.39, 0.29) is 15.7 Å². The van der Waals surface area contributed by atoms with Crippen LogP contribution < -0.4 is 4.74 Å². The van der Waals surface area contributed by atoms with Crippen molar-refractivity contribution in [2.45, 2.75) is 37.0 Å². The number of ether oxygens (including phenoxy) is 1. The third-order valence-corrected chi connectivity index (χ3v) is 5.49. The molecule has 0 atom stereocenters. The van der Waals surface area contributed by atoms with Crippen molar-refractivity contribution in [1.29, 1.82) is 0 Å². The molecule has 0 bridgehead atoms. The summed E-state index contributed by atoms with van der Waals surface area (Å²) < 4.78 is 29.5. The molecule has 1 aliphatic rings. The number of halogens is 3. The molecule has 0 unspecified atom stereocenters. The quantitative estimate of drug-likeness (QED) is 0.667. The lowest BCUT2D eigenvalue weighted by atomic mass is 9.90. The summed E-state index contributed by atoms with van der Waals surface area (Å²) in [5.74, 6) is 0.602. The van der Waals surface area contributed by atoms with E-state index in [0.717, 1.165) is 12.8 Å². The van der Waals surface area contributed by atoms with Gasteiger partial charge in [0.15, 0.2) is 5.75 Å². The Morgan fingerprint density at radius 2 is 1.90 bits per heavy atom. The van der Waals surface area contributed by atoms with E-state index in [1.165, 1.54) is 25.3 Å². The molecular formula is C13H15BrCl2O3S. The van der Waals surface area contributed by atoms with Gasteiger partial charge in [-0.1, -0.05) is 46.8 Å². The van der Waals surface area contributed by atoms with E-state index in [1.807, 2.05) is 0 Å². The molecule has 1 saturated carbocycles. The molecule has 0 N–H and O–H groups in total. The van der Waals surface area contributed by atoms with Gasteiger partial charge in [0.1, 0.15) is 4.90 Å². The Morgan fingerprint density at radius 3 is 2.50 bits per heavy atom. The Hall–Kier alpha value is 0.0300. The summed E-state index contributed by atoms with van der Waals surface area (Å²) in [6.07, 6.45) is 5.87. The first-order valence-electron chi connectivity index (χ1n) is 6.44. The van der Waals surface area contributed by atoms with Crippen LogP contribution in [0.15, 0.2) is 21.5 Å². The van der Waals surface area contributed by atoms with E-state index in [4.69, 9.17) is 27.0 Å². The van der Waals surface area contributed by atoms with Crippen molar-refractivity contribution in [2.75, 3.05) is 6.61 Å². The van der Waals surface area contributed by atoms with E-state index in [2.05, 4.69) is 15.9 Å². The second kappa shape index (κ2) is 6.86. The first-order valence-corrected chi connectivity index (χ1v) is 9.92. The van der Waals surface area contributed by atoms with Gasteiger partial charge in [-0.15, -0.1) is 0 Å². The molecule has 0 spiro atoms. The topological polar surface area (TPSA) is 43.4 Å². The van der Waals surface area contributed by atoms with Crippen LogP contribution in [0.4, 0.5) is 0 Å². The Balaban J connectivity index is 2.21. The second-order valence-corrected chi connectivity index (χ2v) is 8.82. The molecule has 20 heavy (non-hydrogen) atoms. The minimum atomic E-state index is -3.90. The molecule has 3 nitrogen and oxygen atoms in total. The zero-order valence-corrected chi connectivity index (χ0v) is 14.7. The van der Waals surface area contributed by atoms with Gasteiger partial charge in [0, 0.05) is 15.2 Å². The molecule has 112 valence electrons. The minimum Gasteiger partial charge on any atom is -0.490 e. The van der Waals surface area contributed by atoms with E-state index >= 15 is 0 Å². The van der Waals surface area contributed by atoms with Gasteiger partial charge < -0.3 is 4.74 Å². The maximum Gasteiger partial charge on any atom is 0.265 e. The van der Waals surface area contributed by atoms with E-state index in [0.29, 0.717) is 17.0 Å². The van der Waals surface area contributed by atoms with Crippen molar-refractivity contribution >= 4 is 47.3 Å². The van der Waals surface area contributed by atoms with Gasteiger partial charge in [-0.25, -0.2) is 8.42 Å². The summed E-state index contributed by atoms with van der Waals surface area (Å²) in [7, 11) is 1.54. The van der Waals surface area contributed by atoms with Crippen LogP contribution >= 0.6 is 38.2 Å². The lowest BCUT2D eigenvalue weighted by Crippen LogP contribution is -2.16. The Bertz CT molecular complexity index is 584. The van der Waals surface area contributed by atoms with Crippen molar-refractivity contribution in [3.05, 3.63) is 21.6 Å². The predicted molar refractivity (Wildman–Crippen MR) is 84.3 cm³/mol. The molecule has 7 heteroatoms. The molecule has 0 heterocycles. The number of rotatable bonds is 4. The van der Waals surface area contributed by atoms with Crippen LogP contribution in [-0.4, -0.2) is 15.0 Å². The Morgan fingerprint density at radius 1 is 1.25 bits per heavy atom. The molecule has 0 aliphatic heterocycles. The van der Waals surface area contributed by atoms with Crippen molar-refractivity contribution in [3.63, 3.8) is 0 Å².